The number of aromatic nitrogens is 3. The number of H-pyrrole nitrogens is 1. The smallest absolute Gasteiger partial charge is 0.278 e. The van der Waals surface area contributed by atoms with Crippen molar-refractivity contribution in [3.05, 3.63) is 22.1 Å². The summed E-state index contributed by atoms with van der Waals surface area (Å²) in [4.78, 5) is 33.6. The number of unbranched alkanes of at least 4 members (excludes halogenated alkanes) is 1. The summed E-state index contributed by atoms with van der Waals surface area (Å²) < 4.78 is 1.49. The van der Waals surface area contributed by atoms with Crippen molar-refractivity contribution < 1.29 is 4.79 Å². The van der Waals surface area contributed by atoms with Crippen LogP contribution in [0.3, 0.4) is 0 Å². The van der Waals surface area contributed by atoms with Crippen LogP contribution in [0, 0.1) is 6.92 Å². The summed E-state index contributed by atoms with van der Waals surface area (Å²) in [7, 11) is 3.49. The highest BCUT2D eigenvalue weighted by atomic mass is 32.2. The highest BCUT2D eigenvalue weighted by Gasteiger charge is 2.14. The first kappa shape index (κ1) is 16.6. The van der Waals surface area contributed by atoms with Crippen LogP contribution in [0.1, 0.15) is 25.5 Å². The molecule has 0 aliphatic carbocycles. The summed E-state index contributed by atoms with van der Waals surface area (Å²) in [5.41, 5.74) is 1.94. The molecular formula is C15H22N4O2S. The molecule has 6 nitrogen and oxygen atoms in total. The fourth-order valence-electron chi connectivity index (χ4n) is 2.14. The first-order valence-electron chi connectivity index (χ1n) is 7.37. The van der Waals surface area contributed by atoms with Crippen LogP contribution in [-0.2, 0) is 11.8 Å². The van der Waals surface area contributed by atoms with E-state index in [0.29, 0.717) is 16.2 Å². The van der Waals surface area contributed by atoms with E-state index in [1.54, 1.807) is 11.9 Å². The molecule has 0 bridgehead atoms. The fourth-order valence-corrected chi connectivity index (χ4v) is 3.06. The molecule has 2 aromatic rings. The zero-order valence-corrected chi connectivity index (χ0v) is 14.3. The van der Waals surface area contributed by atoms with Gasteiger partial charge in [-0.1, -0.05) is 25.1 Å². The number of aromatic amines is 1. The standard InChI is InChI=1S/C15H22N4O2S/c1-5-6-7-18(3)12(20)9-22-15-17-11-8-10(2)16-13(11)14(21)19(15)4/h8,16H,5-7,9H2,1-4H3. The zero-order chi connectivity index (χ0) is 16.3. The molecule has 2 rings (SSSR count). The Morgan fingerprint density at radius 1 is 1.50 bits per heavy atom. The van der Waals surface area contributed by atoms with Gasteiger partial charge in [-0.15, -0.1) is 0 Å². The molecular weight excluding hydrogens is 300 g/mol. The SMILES string of the molecule is CCCCN(C)C(=O)CSc1nc2cc(C)[nH]c2c(=O)n1C. The largest absolute Gasteiger partial charge is 0.353 e. The average molecular weight is 322 g/mol. The number of fused-ring (bicyclic) bond motifs is 1. The minimum Gasteiger partial charge on any atom is -0.353 e. The van der Waals surface area contributed by atoms with Gasteiger partial charge in [0.15, 0.2) is 5.16 Å². The summed E-state index contributed by atoms with van der Waals surface area (Å²) in [6.07, 6.45) is 2.06. The Balaban J connectivity index is 2.13. The number of nitrogens with zero attached hydrogens (tertiary/aromatic N) is 3. The number of carbonyl (C=O) groups is 1. The Kier molecular flexibility index (Phi) is 5.28. The monoisotopic (exact) mass is 322 g/mol. The Morgan fingerprint density at radius 3 is 2.91 bits per heavy atom. The molecule has 2 heterocycles. The Hall–Kier alpha value is -1.76. The van der Waals surface area contributed by atoms with E-state index < -0.39 is 0 Å². The number of aryl methyl sites for hydroxylation is 1. The van der Waals surface area contributed by atoms with E-state index in [0.717, 1.165) is 25.1 Å². The van der Waals surface area contributed by atoms with Gasteiger partial charge in [-0.25, -0.2) is 4.98 Å². The second-order valence-electron chi connectivity index (χ2n) is 5.43. The van der Waals surface area contributed by atoms with Crippen LogP contribution in [0.25, 0.3) is 11.0 Å². The van der Waals surface area contributed by atoms with Gasteiger partial charge in [-0.2, -0.15) is 0 Å². The zero-order valence-electron chi connectivity index (χ0n) is 13.5. The normalized spacial score (nSPS) is 11.1. The van der Waals surface area contributed by atoms with Crippen LogP contribution in [0.4, 0.5) is 0 Å². The average Bonchev–Trinajstić information content (AvgIpc) is 2.87. The highest BCUT2D eigenvalue weighted by molar-refractivity contribution is 7.99. The first-order chi connectivity index (χ1) is 10.4. The Bertz CT molecular complexity index is 735. The van der Waals surface area contributed by atoms with Crippen molar-refractivity contribution in [2.45, 2.75) is 31.8 Å². The molecule has 7 heteroatoms. The van der Waals surface area contributed by atoms with Gasteiger partial charge in [0, 0.05) is 26.3 Å². The minimum absolute atomic E-state index is 0.0537. The molecule has 0 aromatic carbocycles. The van der Waals surface area contributed by atoms with Crippen molar-refractivity contribution in [1.29, 1.82) is 0 Å². The molecule has 0 aliphatic rings. The summed E-state index contributed by atoms with van der Waals surface area (Å²) in [5.74, 6) is 0.341. The van der Waals surface area contributed by atoms with E-state index in [4.69, 9.17) is 0 Å². The Morgan fingerprint density at radius 2 is 2.23 bits per heavy atom. The van der Waals surface area contributed by atoms with Crippen LogP contribution in [0.2, 0.25) is 0 Å². The van der Waals surface area contributed by atoms with Crippen molar-refractivity contribution in [2.75, 3.05) is 19.3 Å². The number of nitrogens with one attached hydrogen (secondary N) is 1. The molecule has 0 aliphatic heterocycles. The van der Waals surface area contributed by atoms with Crippen LogP contribution in [0.5, 0.6) is 0 Å². The van der Waals surface area contributed by atoms with Gasteiger partial charge in [0.05, 0.1) is 11.3 Å². The number of hydrogen-bond donors (Lipinski definition) is 1. The summed E-state index contributed by atoms with van der Waals surface area (Å²) in [5, 5.41) is 0.564. The van der Waals surface area contributed by atoms with Crippen LogP contribution >= 0.6 is 11.8 Å². The second-order valence-corrected chi connectivity index (χ2v) is 6.37. The van der Waals surface area contributed by atoms with Crippen molar-refractivity contribution >= 4 is 28.7 Å². The Labute approximate surface area is 133 Å². The van der Waals surface area contributed by atoms with Crippen LogP contribution in [0.15, 0.2) is 16.0 Å². The molecule has 22 heavy (non-hydrogen) atoms. The quantitative estimate of drug-likeness (QED) is 0.651. The molecule has 0 radical (unpaired) electrons. The van der Waals surface area contributed by atoms with E-state index in [1.165, 1.54) is 16.3 Å². The topological polar surface area (TPSA) is 71.0 Å². The third kappa shape index (κ3) is 3.52. The van der Waals surface area contributed by atoms with Crippen molar-refractivity contribution in [3.8, 4) is 0 Å². The lowest BCUT2D eigenvalue weighted by atomic mass is 10.3. The van der Waals surface area contributed by atoms with E-state index >= 15 is 0 Å². The fraction of sp³-hybridized carbons (Fsp3) is 0.533. The molecule has 0 atom stereocenters. The second kappa shape index (κ2) is 7.00. The lowest BCUT2D eigenvalue weighted by Gasteiger charge is -2.16. The number of carbonyl (C=O) groups excluding carboxylic acids is 1. The third-order valence-corrected chi connectivity index (χ3v) is 4.57. The van der Waals surface area contributed by atoms with Crippen molar-refractivity contribution in [2.24, 2.45) is 7.05 Å². The molecule has 0 spiro atoms. The van der Waals surface area contributed by atoms with Gasteiger partial charge >= 0.3 is 0 Å². The molecule has 0 fully saturated rings. The lowest BCUT2D eigenvalue weighted by Crippen LogP contribution is -2.29. The number of hydrogen-bond acceptors (Lipinski definition) is 4. The van der Waals surface area contributed by atoms with Gasteiger partial charge in [0.2, 0.25) is 5.91 Å². The van der Waals surface area contributed by atoms with Gasteiger partial charge in [-0.05, 0) is 19.4 Å². The molecule has 0 saturated heterocycles. The summed E-state index contributed by atoms with van der Waals surface area (Å²) in [6.45, 7) is 4.75. The maximum absolute atomic E-state index is 12.3. The van der Waals surface area contributed by atoms with Gasteiger partial charge in [-0.3, -0.25) is 14.2 Å². The van der Waals surface area contributed by atoms with Crippen molar-refractivity contribution in [3.63, 3.8) is 0 Å². The molecule has 1 N–H and O–H groups in total. The first-order valence-corrected chi connectivity index (χ1v) is 8.35. The molecule has 2 aromatic heterocycles. The third-order valence-electron chi connectivity index (χ3n) is 3.55. The van der Waals surface area contributed by atoms with Gasteiger partial charge < -0.3 is 9.88 Å². The van der Waals surface area contributed by atoms with Gasteiger partial charge in [0.1, 0.15) is 5.52 Å². The lowest BCUT2D eigenvalue weighted by molar-refractivity contribution is -0.127. The molecule has 120 valence electrons. The number of thioether (sulfide) groups is 1. The van der Waals surface area contributed by atoms with Crippen molar-refractivity contribution in [1.82, 2.24) is 19.4 Å². The predicted molar refractivity (Wildman–Crippen MR) is 89.3 cm³/mol. The van der Waals surface area contributed by atoms with Gasteiger partial charge in [0.25, 0.3) is 5.56 Å². The summed E-state index contributed by atoms with van der Waals surface area (Å²) >= 11 is 1.30. The molecule has 0 unspecified atom stereocenters. The van der Waals surface area contributed by atoms with E-state index in [-0.39, 0.29) is 17.2 Å². The van der Waals surface area contributed by atoms with E-state index in [1.807, 2.05) is 20.0 Å². The predicted octanol–water partition coefficient (Wildman–Crippen LogP) is 1.92. The number of amides is 1. The molecule has 1 amide bonds. The van der Waals surface area contributed by atoms with E-state index in [9.17, 15) is 9.59 Å². The minimum atomic E-state index is -0.118. The van der Waals surface area contributed by atoms with E-state index in [2.05, 4.69) is 16.9 Å². The summed E-state index contributed by atoms with van der Waals surface area (Å²) in [6, 6.07) is 1.84. The maximum atomic E-state index is 12.3. The van der Waals surface area contributed by atoms with Crippen LogP contribution in [-0.4, -0.2) is 44.7 Å². The number of rotatable bonds is 6. The molecule has 0 saturated carbocycles. The van der Waals surface area contributed by atoms with Crippen LogP contribution < -0.4 is 5.56 Å². The maximum Gasteiger partial charge on any atom is 0.278 e. The highest BCUT2D eigenvalue weighted by Crippen LogP contribution is 2.17.